The van der Waals surface area contributed by atoms with E-state index in [2.05, 4.69) is 13.1 Å². The van der Waals surface area contributed by atoms with E-state index in [1.807, 2.05) is 20.0 Å². The summed E-state index contributed by atoms with van der Waals surface area (Å²) < 4.78 is 5.73. The lowest BCUT2D eigenvalue weighted by Gasteiger charge is -2.37. The zero-order chi connectivity index (χ0) is 10.7. The van der Waals surface area contributed by atoms with Crippen molar-refractivity contribution in [2.45, 2.75) is 51.4 Å². The van der Waals surface area contributed by atoms with Gasteiger partial charge in [-0.25, -0.2) is 0 Å². The number of rotatable bonds is 5. The molecule has 0 amide bonds. The van der Waals surface area contributed by atoms with Crippen LogP contribution in [0.2, 0.25) is 26.2 Å². The minimum atomic E-state index is -2.34. The van der Waals surface area contributed by atoms with E-state index in [0.717, 1.165) is 6.42 Å². The smallest absolute Gasteiger partial charge is 0.239 e. The number of hydrogen-bond donors (Lipinski definition) is 2. The van der Waals surface area contributed by atoms with Crippen molar-refractivity contribution in [1.82, 2.24) is 0 Å². The molecule has 2 N–H and O–H groups in total. The van der Waals surface area contributed by atoms with Gasteiger partial charge in [-0.3, -0.25) is 0 Å². The van der Waals surface area contributed by atoms with Crippen LogP contribution in [0.15, 0.2) is 0 Å². The molecule has 0 radical (unpaired) electrons. The molecule has 0 bridgehead atoms. The lowest BCUT2D eigenvalue weighted by atomic mass is 10.3. The van der Waals surface area contributed by atoms with Gasteiger partial charge in [0.1, 0.15) is 0 Å². The highest BCUT2D eigenvalue weighted by molar-refractivity contribution is 6.79. The Hall–Kier alpha value is 0.314. The molecule has 0 rings (SSSR count). The summed E-state index contributed by atoms with van der Waals surface area (Å²) in [6.07, 6.45) is 1.18. The molecule has 3 nitrogen and oxygen atoms in total. The van der Waals surface area contributed by atoms with Gasteiger partial charge in [0.2, 0.25) is 8.32 Å². The highest BCUT2D eigenvalue weighted by atomic mass is 28.4. The molecule has 0 saturated carbocycles. The fourth-order valence-electron chi connectivity index (χ4n) is 1.33. The van der Waals surface area contributed by atoms with Gasteiger partial charge >= 0.3 is 0 Å². The lowest BCUT2D eigenvalue weighted by Crippen LogP contribution is -2.58. The minimum absolute atomic E-state index is 0.410. The predicted molar refractivity (Wildman–Crippen MR) is 59.5 cm³/mol. The molecule has 0 aromatic heterocycles. The third-order valence-electron chi connectivity index (χ3n) is 2.09. The average molecular weight is 222 g/mol. The molecule has 0 saturated heterocycles. The van der Waals surface area contributed by atoms with Gasteiger partial charge in [0, 0.05) is 0 Å². The predicted octanol–water partition coefficient (Wildman–Crippen LogP) is 1.21. The Morgan fingerprint density at radius 2 is 1.77 bits per heavy atom. The monoisotopic (exact) mass is 222 g/mol. The van der Waals surface area contributed by atoms with Crippen LogP contribution in [0.5, 0.6) is 0 Å². The van der Waals surface area contributed by atoms with Crippen LogP contribution in [0, 0.1) is 0 Å². The van der Waals surface area contributed by atoms with E-state index < -0.39 is 22.8 Å². The Morgan fingerprint density at radius 1 is 1.31 bits per heavy atom. The van der Waals surface area contributed by atoms with Gasteiger partial charge in [-0.1, -0.05) is 13.3 Å². The van der Waals surface area contributed by atoms with Gasteiger partial charge in [0.05, 0.1) is 0 Å². The molecule has 0 fully saturated rings. The molecule has 0 atom stereocenters. The SMILES string of the molecule is CCCC(O)(O)[Si](C)(C)O[SiH](C)C. The summed E-state index contributed by atoms with van der Waals surface area (Å²) in [6.45, 7) is 9.79. The van der Waals surface area contributed by atoms with Crippen molar-refractivity contribution in [3.8, 4) is 0 Å². The van der Waals surface area contributed by atoms with Crippen LogP contribution in [-0.4, -0.2) is 33.0 Å². The van der Waals surface area contributed by atoms with Crippen LogP contribution in [0.3, 0.4) is 0 Å². The van der Waals surface area contributed by atoms with Crippen LogP contribution in [0.1, 0.15) is 19.8 Å². The minimum Gasteiger partial charge on any atom is -0.455 e. The van der Waals surface area contributed by atoms with Crippen molar-refractivity contribution >= 4 is 17.4 Å². The van der Waals surface area contributed by atoms with E-state index in [0.29, 0.717) is 6.42 Å². The second kappa shape index (κ2) is 4.70. The zero-order valence-electron chi connectivity index (χ0n) is 9.29. The van der Waals surface area contributed by atoms with Crippen molar-refractivity contribution in [2.24, 2.45) is 0 Å². The largest absolute Gasteiger partial charge is 0.455 e. The fourth-order valence-corrected chi connectivity index (χ4v) is 7.65. The van der Waals surface area contributed by atoms with Crippen LogP contribution in [0.4, 0.5) is 0 Å². The van der Waals surface area contributed by atoms with Crippen LogP contribution >= 0.6 is 0 Å². The molecule has 0 unspecified atom stereocenters. The molecule has 0 aliphatic carbocycles. The maximum Gasteiger partial charge on any atom is 0.239 e. The summed E-state index contributed by atoms with van der Waals surface area (Å²) in [7, 11) is -3.52. The number of hydrogen-bond acceptors (Lipinski definition) is 3. The van der Waals surface area contributed by atoms with Crippen LogP contribution in [0.25, 0.3) is 0 Å². The molecule has 5 heteroatoms. The molecule has 0 aliphatic rings. The van der Waals surface area contributed by atoms with E-state index >= 15 is 0 Å². The first-order chi connectivity index (χ1) is 5.73. The first-order valence-corrected chi connectivity index (χ1v) is 10.5. The summed E-state index contributed by atoms with van der Waals surface area (Å²) in [5, 5.41) is 19.6. The summed E-state index contributed by atoms with van der Waals surface area (Å²) in [6, 6.07) is 0. The topological polar surface area (TPSA) is 49.7 Å². The first kappa shape index (κ1) is 13.3. The number of aliphatic hydroxyl groups is 2. The van der Waals surface area contributed by atoms with Gasteiger partial charge in [-0.15, -0.1) is 0 Å². The highest BCUT2D eigenvalue weighted by Crippen LogP contribution is 2.24. The van der Waals surface area contributed by atoms with E-state index in [9.17, 15) is 10.2 Å². The summed E-state index contributed by atoms with van der Waals surface area (Å²) in [4.78, 5) is 0. The molecule has 0 aliphatic heterocycles. The van der Waals surface area contributed by atoms with Crippen molar-refractivity contribution in [1.29, 1.82) is 0 Å². The normalized spacial score (nSPS) is 13.8. The molecular weight excluding hydrogens is 200 g/mol. The molecule has 0 heterocycles. The third kappa shape index (κ3) is 3.91. The van der Waals surface area contributed by atoms with Crippen LogP contribution < -0.4 is 0 Å². The maximum atomic E-state index is 9.81. The lowest BCUT2D eigenvalue weighted by molar-refractivity contribution is -0.110. The molecule has 0 spiro atoms. The Labute approximate surface area is 83.6 Å². The summed E-state index contributed by atoms with van der Waals surface area (Å²) in [5.41, 5.74) is -1.57. The fraction of sp³-hybridized carbons (Fsp3) is 1.00. The Morgan fingerprint density at radius 3 is 2.08 bits per heavy atom. The maximum absolute atomic E-state index is 9.81. The second-order valence-corrected chi connectivity index (χ2v) is 11.1. The quantitative estimate of drug-likeness (QED) is 0.543. The average Bonchev–Trinajstić information content (AvgIpc) is 1.82. The third-order valence-corrected chi connectivity index (χ3v) is 8.51. The molecular formula is C8H22O3Si2. The summed E-state index contributed by atoms with van der Waals surface area (Å²) in [5.74, 6) is 0. The van der Waals surface area contributed by atoms with Gasteiger partial charge in [0.25, 0.3) is 0 Å². The standard InChI is InChI=1S/C8H22O3Si2/c1-6-7-8(9,10)13(4,5)11-12(2)3/h9-10,12H,6-7H2,1-5H3. The van der Waals surface area contributed by atoms with Gasteiger partial charge in [-0.05, 0) is 32.6 Å². The first-order valence-electron chi connectivity index (χ1n) is 4.85. The van der Waals surface area contributed by atoms with E-state index in [1.54, 1.807) is 0 Å². The van der Waals surface area contributed by atoms with Crippen LogP contribution in [-0.2, 0) is 4.12 Å². The second-order valence-electron chi connectivity index (χ2n) is 4.24. The Balaban J connectivity index is 4.40. The van der Waals surface area contributed by atoms with E-state index in [-0.39, 0.29) is 0 Å². The molecule has 80 valence electrons. The van der Waals surface area contributed by atoms with Crippen molar-refractivity contribution in [3.05, 3.63) is 0 Å². The highest BCUT2D eigenvalue weighted by Gasteiger charge is 2.45. The zero-order valence-corrected chi connectivity index (χ0v) is 11.4. The van der Waals surface area contributed by atoms with E-state index in [1.165, 1.54) is 0 Å². The van der Waals surface area contributed by atoms with Gasteiger partial charge in [0.15, 0.2) is 14.5 Å². The summed E-state index contributed by atoms with van der Waals surface area (Å²) >= 11 is 0. The Kier molecular flexibility index (Phi) is 4.81. The van der Waals surface area contributed by atoms with Crippen molar-refractivity contribution < 1.29 is 14.3 Å². The van der Waals surface area contributed by atoms with Crippen molar-refractivity contribution in [2.75, 3.05) is 0 Å². The Bertz CT molecular complexity index is 157. The molecule has 0 aromatic rings. The van der Waals surface area contributed by atoms with Crippen molar-refractivity contribution in [3.63, 3.8) is 0 Å². The molecule has 0 aromatic carbocycles. The van der Waals surface area contributed by atoms with Gasteiger partial charge < -0.3 is 14.3 Å². The van der Waals surface area contributed by atoms with E-state index in [4.69, 9.17) is 4.12 Å². The van der Waals surface area contributed by atoms with Gasteiger partial charge in [-0.2, -0.15) is 0 Å². The molecule has 13 heavy (non-hydrogen) atoms.